The van der Waals surface area contributed by atoms with E-state index in [9.17, 15) is 18.3 Å². The number of rotatable bonds is 5. The molecule has 1 unspecified atom stereocenters. The van der Waals surface area contributed by atoms with Crippen molar-refractivity contribution in [1.29, 1.82) is 0 Å². The van der Waals surface area contributed by atoms with E-state index in [2.05, 4.69) is 20.3 Å². The molecule has 1 aromatic carbocycles. The standard InChI is InChI=1S/C22H16ClF3N4O2/c23-16-9-12(19(32)11-31)10-28-20(16)18-6-5-15-17(30-18)7-8-27-21(15)29-14-3-1-13(2-4-14)22(24,25)26/h1-10,19,31-32H,11H2,(H,27,29). The lowest BCUT2D eigenvalue weighted by Gasteiger charge is -2.12. The first-order valence-corrected chi connectivity index (χ1v) is 9.79. The third-order valence-corrected chi connectivity index (χ3v) is 5.04. The Morgan fingerprint density at radius 2 is 1.78 bits per heavy atom. The molecule has 32 heavy (non-hydrogen) atoms. The fourth-order valence-corrected chi connectivity index (χ4v) is 3.37. The quantitative estimate of drug-likeness (QED) is 0.382. The lowest BCUT2D eigenvalue weighted by atomic mass is 10.1. The summed E-state index contributed by atoms with van der Waals surface area (Å²) in [5, 5.41) is 22.7. The maximum Gasteiger partial charge on any atom is 0.416 e. The van der Waals surface area contributed by atoms with Crippen LogP contribution in [0.4, 0.5) is 24.7 Å². The predicted octanol–water partition coefficient (Wildman–Crippen LogP) is 5.13. The van der Waals surface area contributed by atoms with Crippen molar-refractivity contribution in [2.24, 2.45) is 0 Å². The molecule has 0 radical (unpaired) electrons. The SMILES string of the molecule is OCC(O)c1cnc(-c2ccc3c(Nc4ccc(C(F)(F)F)cc4)nccc3n2)c(Cl)c1. The second-order valence-corrected chi connectivity index (χ2v) is 7.33. The van der Waals surface area contributed by atoms with Gasteiger partial charge in [0.1, 0.15) is 17.6 Å². The zero-order chi connectivity index (χ0) is 22.9. The number of hydrogen-bond acceptors (Lipinski definition) is 6. The van der Waals surface area contributed by atoms with Crippen molar-refractivity contribution in [1.82, 2.24) is 15.0 Å². The second-order valence-electron chi connectivity index (χ2n) is 6.92. The summed E-state index contributed by atoms with van der Waals surface area (Å²) in [5.41, 5.74) is 1.56. The molecule has 0 saturated carbocycles. The number of aromatic nitrogens is 3. The van der Waals surface area contributed by atoms with Crippen molar-refractivity contribution < 1.29 is 23.4 Å². The molecule has 0 aliphatic rings. The maximum atomic E-state index is 12.8. The van der Waals surface area contributed by atoms with Crippen LogP contribution >= 0.6 is 11.6 Å². The van der Waals surface area contributed by atoms with Crippen LogP contribution < -0.4 is 5.32 Å². The van der Waals surface area contributed by atoms with Crippen LogP contribution in [0.15, 0.2) is 60.9 Å². The fraction of sp³-hybridized carbons (Fsp3) is 0.136. The maximum absolute atomic E-state index is 12.8. The highest BCUT2D eigenvalue weighted by atomic mass is 35.5. The predicted molar refractivity (Wildman–Crippen MR) is 115 cm³/mol. The van der Waals surface area contributed by atoms with E-state index in [1.807, 2.05) is 0 Å². The summed E-state index contributed by atoms with van der Waals surface area (Å²) in [6.45, 7) is -0.451. The Balaban J connectivity index is 1.64. The first-order valence-electron chi connectivity index (χ1n) is 9.41. The lowest BCUT2D eigenvalue weighted by molar-refractivity contribution is -0.137. The Kier molecular flexibility index (Phi) is 5.96. The highest BCUT2D eigenvalue weighted by Crippen LogP contribution is 2.32. The van der Waals surface area contributed by atoms with Crippen molar-refractivity contribution in [2.75, 3.05) is 11.9 Å². The van der Waals surface area contributed by atoms with Gasteiger partial charge in [-0.1, -0.05) is 11.6 Å². The molecule has 10 heteroatoms. The number of aliphatic hydroxyl groups is 2. The number of alkyl halides is 3. The second kappa shape index (κ2) is 8.70. The molecule has 0 amide bonds. The van der Waals surface area contributed by atoms with Crippen LogP contribution in [0.1, 0.15) is 17.2 Å². The lowest BCUT2D eigenvalue weighted by Crippen LogP contribution is -2.04. The van der Waals surface area contributed by atoms with Gasteiger partial charge in [-0.15, -0.1) is 0 Å². The van der Waals surface area contributed by atoms with Crippen molar-refractivity contribution in [3.8, 4) is 11.4 Å². The van der Waals surface area contributed by atoms with E-state index in [4.69, 9.17) is 16.7 Å². The van der Waals surface area contributed by atoms with Gasteiger partial charge in [-0.05, 0) is 48.5 Å². The zero-order valence-corrected chi connectivity index (χ0v) is 17.1. The molecule has 0 bridgehead atoms. The summed E-state index contributed by atoms with van der Waals surface area (Å²) in [6.07, 6.45) is -2.54. The number of halogens is 4. The van der Waals surface area contributed by atoms with Crippen molar-refractivity contribution in [3.63, 3.8) is 0 Å². The molecular formula is C22H16ClF3N4O2. The Morgan fingerprint density at radius 1 is 1.03 bits per heavy atom. The van der Waals surface area contributed by atoms with Gasteiger partial charge in [0.2, 0.25) is 0 Å². The fourth-order valence-electron chi connectivity index (χ4n) is 3.09. The molecule has 1 atom stereocenters. The molecule has 0 saturated heterocycles. The summed E-state index contributed by atoms with van der Waals surface area (Å²) in [7, 11) is 0. The summed E-state index contributed by atoms with van der Waals surface area (Å²) < 4.78 is 38.3. The molecule has 6 nitrogen and oxygen atoms in total. The number of aliphatic hydroxyl groups excluding tert-OH is 2. The summed E-state index contributed by atoms with van der Waals surface area (Å²) >= 11 is 6.30. The number of nitrogens with one attached hydrogen (secondary N) is 1. The summed E-state index contributed by atoms with van der Waals surface area (Å²) in [5.74, 6) is 0.432. The normalized spacial score (nSPS) is 12.7. The van der Waals surface area contributed by atoms with E-state index in [1.165, 1.54) is 30.6 Å². The first-order chi connectivity index (χ1) is 15.3. The number of benzene rings is 1. The largest absolute Gasteiger partial charge is 0.416 e. The van der Waals surface area contributed by atoms with Crippen LogP contribution in [-0.4, -0.2) is 31.8 Å². The Morgan fingerprint density at radius 3 is 2.44 bits per heavy atom. The molecule has 4 aromatic rings. The van der Waals surface area contributed by atoms with Crippen molar-refractivity contribution in [3.05, 3.63) is 77.1 Å². The van der Waals surface area contributed by atoms with Crippen molar-refractivity contribution in [2.45, 2.75) is 12.3 Å². The number of pyridine rings is 3. The average molecular weight is 461 g/mol. The van der Waals surface area contributed by atoms with Gasteiger partial charge in [0.05, 0.1) is 28.4 Å². The third-order valence-electron chi connectivity index (χ3n) is 4.75. The molecule has 3 aromatic heterocycles. The Bertz CT molecular complexity index is 1270. The minimum Gasteiger partial charge on any atom is -0.393 e. The molecule has 0 aliphatic carbocycles. The van der Waals surface area contributed by atoms with Crippen LogP contribution in [0.2, 0.25) is 5.02 Å². The van der Waals surface area contributed by atoms with Gasteiger partial charge in [0, 0.05) is 29.0 Å². The molecule has 4 rings (SSSR count). The van der Waals surface area contributed by atoms with Gasteiger partial charge in [-0.2, -0.15) is 13.2 Å². The van der Waals surface area contributed by atoms with E-state index in [1.54, 1.807) is 18.2 Å². The van der Waals surface area contributed by atoms with E-state index in [-0.39, 0.29) is 5.02 Å². The molecule has 3 heterocycles. The van der Waals surface area contributed by atoms with Crippen LogP contribution in [0.5, 0.6) is 0 Å². The van der Waals surface area contributed by atoms with Crippen LogP contribution in [0.25, 0.3) is 22.3 Å². The number of anilines is 2. The first kappa shape index (κ1) is 21.9. The monoisotopic (exact) mass is 460 g/mol. The van der Waals surface area contributed by atoms with Gasteiger partial charge in [0.25, 0.3) is 0 Å². The topological polar surface area (TPSA) is 91.2 Å². The average Bonchev–Trinajstić information content (AvgIpc) is 2.78. The minimum atomic E-state index is -4.40. The van der Waals surface area contributed by atoms with E-state index in [0.29, 0.717) is 39.4 Å². The highest BCUT2D eigenvalue weighted by molar-refractivity contribution is 6.33. The smallest absolute Gasteiger partial charge is 0.393 e. The van der Waals surface area contributed by atoms with E-state index < -0.39 is 24.5 Å². The Labute approximate surface area is 185 Å². The minimum absolute atomic E-state index is 0.263. The molecular weight excluding hydrogens is 445 g/mol. The third kappa shape index (κ3) is 4.50. The van der Waals surface area contributed by atoms with E-state index >= 15 is 0 Å². The molecule has 164 valence electrons. The Hall–Kier alpha value is -3.27. The zero-order valence-electron chi connectivity index (χ0n) is 16.3. The van der Waals surface area contributed by atoms with Crippen molar-refractivity contribution >= 4 is 34.0 Å². The molecule has 0 aliphatic heterocycles. The van der Waals surface area contributed by atoms with Crippen LogP contribution in [0, 0.1) is 0 Å². The van der Waals surface area contributed by atoms with Gasteiger partial charge >= 0.3 is 6.18 Å². The highest BCUT2D eigenvalue weighted by Gasteiger charge is 2.30. The van der Waals surface area contributed by atoms with Gasteiger partial charge in [-0.3, -0.25) is 4.98 Å². The van der Waals surface area contributed by atoms with Gasteiger partial charge in [-0.25, -0.2) is 9.97 Å². The summed E-state index contributed by atoms with van der Waals surface area (Å²) in [4.78, 5) is 13.1. The van der Waals surface area contributed by atoms with E-state index in [0.717, 1.165) is 12.1 Å². The molecule has 0 spiro atoms. The molecule has 0 fully saturated rings. The number of hydrogen-bond donors (Lipinski definition) is 3. The molecule has 3 N–H and O–H groups in total. The van der Waals surface area contributed by atoms with Gasteiger partial charge < -0.3 is 15.5 Å². The summed E-state index contributed by atoms with van der Waals surface area (Å²) in [6, 6.07) is 11.3. The van der Waals surface area contributed by atoms with Gasteiger partial charge in [0.15, 0.2) is 0 Å². The number of fused-ring (bicyclic) bond motifs is 1. The van der Waals surface area contributed by atoms with Crippen LogP contribution in [-0.2, 0) is 6.18 Å². The van der Waals surface area contributed by atoms with Crippen LogP contribution in [0.3, 0.4) is 0 Å². The number of nitrogens with zero attached hydrogens (tertiary/aromatic N) is 3.